The maximum Gasteiger partial charge on any atom is 0.257 e. The van der Waals surface area contributed by atoms with Crippen molar-refractivity contribution >= 4 is 10.0 Å². The van der Waals surface area contributed by atoms with Gasteiger partial charge in [0.05, 0.1) is 10.8 Å². The third-order valence-electron chi connectivity index (χ3n) is 6.24. The molecule has 0 aliphatic carbocycles. The minimum Gasteiger partial charge on any atom is -0.466 e. The number of hydrogen-bond donors (Lipinski definition) is 0. The second-order valence-corrected chi connectivity index (χ2v) is 10.5. The van der Waals surface area contributed by atoms with E-state index in [-0.39, 0.29) is 5.92 Å². The Kier molecular flexibility index (Phi) is 5.79. The van der Waals surface area contributed by atoms with Crippen molar-refractivity contribution in [3.8, 4) is 11.5 Å². The van der Waals surface area contributed by atoms with Crippen LogP contribution in [0.2, 0.25) is 0 Å². The fourth-order valence-corrected chi connectivity index (χ4v) is 5.72. The first-order valence-corrected chi connectivity index (χ1v) is 12.1. The zero-order valence-corrected chi connectivity index (χ0v) is 19.5. The number of rotatable bonds is 5. The summed E-state index contributed by atoms with van der Waals surface area (Å²) in [5, 5.41) is 4.11. The Morgan fingerprint density at radius 1 is 1.13 bits per heavy atom. The fourth-order valence-electron chi connectivity index (χ4n) is 3.92. The Morgan fingerprint density at radius 3 is 2.48 bits per heavy atom. The molecular formula is C23H29N3O4S. The van der Waals surface area contributed by atoms with Crippen LogP contribution in [0.3, 0.4) is 0 Å². The zero-order valence-electron chi connectivity index (χ0n) is 18.7. The van der Waals surface area contributed by atoms with Gasteiger partial charge in [-0.3, -0.25) is 0 Å². The van der Waals surface area contributed by atoms with E-state index in [0.29, 0.717) is 41.2 Å². The molecule has 1 aliphatic heterocycles. The average Bonchev–Trinajstić information content (AvgIpc) is 3.39. The van der Waals surface area contributed by atoms with Gasteiger partial charge in [-0.25, -0.2) is 8.42 Å². The van der Waals surface area contributed by atoms with Crippen LogP contribution in [-0.4, -0.2) is 36.0 Å². The Hall–Kier alpha value is -2.45. The third-order valence-corrected chi connectivity index (χ3v) is 8.27. The maximum atomic E-state index is 13.4. The summed E-state index contributed by atoms with van der Waals surface area (Å²) < 4.78 is 39.6. The van der Waals surface area contributed by atoms with Gasteiger partial charge >= 0.3 is 0 Å². The molecule has 31 heavy (non-hydrogen) atoms. The summed E-state index contributed by atoms with van der Waals surface area (Å²) in [4.78, 5) is 4.85. The molecule has 1 unspecified atom stereocenters. The smallest absolute Gasteiger partial charge is 0.257 e. The molecule has 166 valence electrons. The van der Waals surface area contributed by atoms with Crippen LogP contribution in [0, 0.1) is 26.7 Å². The summed E-state index contributed by atoms with van der Waals surface area (Å²) >= 11 is 0. The lowest BCUT2D eigenvalue weighted by Gasteiger charge is -2.30. The van der Waals surface area contributed by atoms with E-state index < -0.39 is 10.0 Å². The molecule has 8 heteroatoms. The van der Waals surface area contributed by atoms with Gasteiger partial charge in [0.25, 0.3) is 5.89 Å². The number of piperidine rings is 1. The summed E-state index contributed by atoms with van der Waals surface area (Å²) in [5.41, 5.74) is 2.23. The van der Waals surface area contributed by atoms with E-state index in [2.05, 4.69) is 17.1 Å². The van der Waals surface area contributed by atoms with Crippen molar-refractivity contribution in [1.29, 1.82) is 0 Å². The first-order chi connectivity index (χ1) is 14.7. The first-order valence-electron chi connectivity index (χ1n) is 10.7. The lowest BCUT2D eigenvalue weighted by atomic mass is 10.0. The zero-order chi connectivity index (χ0) is 22.3. The molecule has 1 aliphatic rings. The van der Waals surface area contributed by atoms with Gasteiger partial charge in [0.15, 0.2) is 5.82 Å². The summed E-state index contributed by atoms with van der Waals surface area (Å²) in [6.07, 6.45) is 1.77. The Balaban J connectivity index is 1.68. The molecule has 3 aromatic rings. The molecule has 0 N–H and O–H groups in total. The van der Waals surface area contributed by atoms with Crippen molar-refractivity contribution in [2.45, 2.75) is 58.3 Å². The van der Waals surface area contributed by atoms with Crippen molar-refractivity contribution in [1.82, 2.24) is 14.4 Å². The Bertz CT molecular complexity index is 1190. The van der Waals surface area contributed by atoms with Crippen LogP contribution in [0.5, 0.6) is 0 Å². The van der Waals surface area contributed by atoms with E-state index in [1.54, 1.807) is 10.4 Å². The van der Waals surface area contributed by atoms with Crippen LogP contribution < -0.4 is 0 Å². The molecule has 1 aromatic carbocycles. The molecule has 1 atom stereocenters. The van der Waals surface area contributed by atoms with E-state index in [1.807, 2.05) is 45.9 Å². The van der Waals surface area contributed by atoms with Crippen molar-refractivity contribution in [2.75, 3.05) is 13.1 Å². The van der Waals surface area contributed by atoms with Crippen LogP contribution in [0.15, 0.2) is 38.1 Å². The lowest BCUT2D eigenvalue weighted by molar-refractivity contribution is 0.288. The van der Waals surface area contributed by atoms with Gasteiger partial charge in [-0.1, -0.05) is 12.1 Å². The fraction of sp³-hybridized carbons (Fsp3) is 0.478. The number of sulfonamides is 1. The molecule has 4 rings (SSSR count). The molecule has 7 nitrogen and oxygen atoms in total. The molecule has 0 radical (unpaired) electrons. The number of nitrogens with zero attached hydrogens (tertiary/aromatic N) is 3. The Labute approximate surface area is 183 Å². The Morgan fingerprint density at radius 2 is 1.84 bits per heavy atom. The van der Waals surface area contributed by atoms with E-state index in [4.69, 9.17) is 8.94 Å². The number of hydrogen-bond acceptors (Lipinski definition) is 6. The third kappa shape index (κ3) is 4.19. The van der Waals surface area contributed by atoms with Crippen LogP contribution in [0.25, 0.3) is 11.5 Å². The second-order valence-electron chi connectivity index (χ2n) is 8.63. The highest BCUT2D eigenvalue weighted by molar-refractivity contribution is 7.89. The highest BCUT2D eigenvalue weighted by atomic mass is 32.2. The van der Waals surface area contributed by atoms with E-state index >= 15 is 0 Å². The molecule has 0 bridgehead atoms. The highest BCUT2D eigenvalue weighted by Gasteiger charge is 2.30. The average molecular weight is 444 g/mol. The van der Waals surface area contributed by atoms with Crippen molar-refractivity contribution in [3.05, 3.63) is 52.7 Å². The van der Waals surface area contributed by atoms with E-state index in [0.717, 1.165) is 35.5 Å². The van der Waals surface area contributed by atoms with Crippen LogP contribution in [-0.2, 0) is 10.0 Å². The van der Waals surface area contributed by atoms with Gasteiger partial charge in [0.1, 0.15) is 11.5 Å². The van der Waals surface area contributed by atoms with Gasteiger partial charge < -0.3 is 8.94 Å². The quantitative estimate of drug-likeness (QED) is 0.561. The predicted molar refractivity (Wildman–Crippen MR) is 117 cm³/mol. The molecule has 0 amide bonds. The van der Waals surface area contributed by atoms with Crippen molar-refractivity contribution in [2.24, 2.45) is 5.92 Å². The SMILES string of the molecule is Cc1ccc(C(C)c2noc(-c3cc(C)c(C)c(S(=O)(=O)N4CCC(C)CC4)c3)n2)o1. The normalized spacial score (nSPS) is 17.2. The summed E-state index contributed by atoms with van der Waals surface area (Å²) in [7, 11) is -3.59. The molecule has 0 saturated carbocycles. The van der Waals surface area contributed by atoms with Crippen molar-refractivity contribution in [3.63, 3.8) is 0 Å². The van der Waals surface area contributed by atoms with Crippen LogP contribution >= 0.6 is 0 Å². The summed E-state index contributed by atoms with van der Waals surface area (Å²) in [5.74, 6) is 2.76. The van der Waals surface area contributed by atoms with Gasteiger partial charge in [-0.05, 0) is 81.8 Å². The largest absolute Gasteiger partial charge is 0.466 e. The summed E-state index contributed by atoms with van der Waals surface area (Å²) in [6, 6.07) is 7.35. The highest BCUT2D eigenvalue weighted by Crippen LogP contribution is 2.32. The number of aromatic nitrogens is 2. The number of aryl methyl sites for hydroxylation is 2. The molecule has 1 fully saturated rings. The molecule has 1 saturated heterocycles. The lowest BCUT2D eigenvalue weighted by Crippen LogP contribution is -2.38. The topological polar surface area (TPSA) is 89.4 Å². The molecule has 0 spiro atoms. The van der Waals surface area contributed by atoms with Gasteiger partial charge in [0, 0.05) is 18.7 Å². The molecule has 2 aromatic heterocycles. The number of benzene rings is 1. The second kappa shape index (κ2) is 8.24. The summed E-state index contributed by atoms with van der Waals surface area (Å²) in [6.45, 7) is 10.9. The molecular weight excluding hydrogens is 414 g/mol. The van der Waals surface area contributed by atoms with Gasteiger partial charge in [-0.2, -0.15) is 9.29 Å². The minimum absolute atomic E-state index is 0.170. The van der Waals surface area contributed by atoms with Gasteiger partial charge in [-0.15, -0.1) is 0 Å². The van der Waals surface area contributed by atoms with Crippen LogP contribution in [0.4, 0.5) is 0 Å². The van der Waals surface area contributed by atoms with E-state index in [9.17, 15) is 8.42 Å². The van der Waals surface area contributed by atoms with Crippen LogP contribution in [0.1, 0.15) is 61.1 Å². The first kappa shape index (κ1) is 21.8. The van der Waals surface area contributed by atoms with Gasteiger partial charge in [0.2, 0.25) is 10.0 Å². The standard InChI is InChI=1S/C23H29N3O4S/c1-14-8-10-26(11-9-14)31(27,28)21-13-19(12-15(2)17(21)4)23-24-22(25-30-23)18(5)20-7-6-16(3)29-20/h6-7,12-14,18H,8-11H2,1-5H3. The van der Waals surface area contributed by atoms with Crippen molar-refractivity contribution < 1.29 is 17.4 Å². The molecule has 3 heterocycles. The minimum atomic E-state index is -3.59. The maximum absolute atomic E-state index is 13.4. The monoisotopic (exact) mass is 443 g/mol. The predicted octanol–water partition coefficient (Wildman–Crippen LogP) is 4.83. The van der Waals surface area contributed by atoms with E-state index in [1.165, 1.54) is 0 Å². The number of furan rings is 1.